The first-order valence-electron chi connectivity index (χ1n) is 6.54. The van der Waals surface area contributed by atoms with E-state index in [4.69, 9.17) is 9.47 Å². The summed E-state index contributed by atoms with van der Waals surface area (Å²) in [6.07, 6.45) is 0. The molecule has 1 amide bonds. The largest absolute Gasteiger partial charge is 0.493 e. The number of ether oxygens (including phenoxy) is 2. The first kappa shape index (κ1) is 17.1. The molecule has 0 atom stereocenters. The third kappa shape index (κ3) is 3.40. The molecule has 0 heterocycles. The molecule has 7 nitrogen and oxygen atoms in total. The summed E-state index contributed by atoms with van der Waals surface area (Å²) in [7, 11) is 2.65. The molecule has 0 aliphatic heterocycles. The van der Waals surface area contributed by atoms with E-state index >= 15 is 0 Å². The Bertz CT molecular complexity index is 811. The van der Waals surface area contributed by atoms with Crippen LogP contribution in [0, 0.1) is 21.7 Å². The minimum Gasteiger partial charge on any atom is -0.493 e. The quantitative estimate of drug-likeness (QED) is 0.668. The van der Waals surface area contributed by atoms with Gasteiger partial charge in [0.1, 0.15) is 5.82 Å². The van der Waals surface area contributed by atoms with Crippen molar-refractivity contribution in [1.82, 2.24) is 0 Å². The number of carbonyl (C=O) groups is 1. The lowest BCUT2D eigenvalue weighted by atomic mass is 10.1. The maximum atomic E-state index is 14.0. The number of anilines is 1. The molecule has 2 aromatic rings. The Labute approximate surface area is 135 Å². The Morgan fingerprint density at radius 3 is 2.25 bits per heavy atom. The van der Waals surface area contributed by atoms with Gasteiger partial charge in [-0.2, -0.15) is 0 Å². The lowest BCUT2D eigenvalue weighted by molar-refractivity contribution is -0.385. The van der Waals surface area contributed by atoms with Crippen LogP contribution < -0.4 is 14.8 Å². The van der Waals surface area contributed by atoms with E-state index < -0.39 is 33.7 Å². The van der Waals surface area contributed by atoms with Gasteiger partial charge in [-0.05, 0) is 6.07 Å². The maximum absolute atomic E-state index is 14.0. The zero-order valence-electron chi connectivity index (χ0n) is 12.6. The van der Waals surface area contributed by atoms with Gasteiger partial charge in [-0.25, -0.2) is 8.78 Å². The highest BCUT2D eigenvalue weighted by atomic mass is 19.1. The summed E-state index contributed by atoms with van der Waals surface area (Å²) in [6.45, 7) is 0. The van der Waals surface area contributed by atoms with Crippen molar-refractivity contribution >= 4 is 17.3 Å². The Morgan fingerprint density at radius 1 is 1.08 bits per heavy atom. The highest BCUT2D eigenvalue weighted by Crippen LogP contribution is 2.32. The zero-order chi connectivity index (χ0) is 17.9. The number of rotatable bonds is 5. The second-order valence-corrected chi connectivity index (χ2v) is 4.56. The van der Waals surface area contributed by atoms with Crippen molar-refractivity contribution < 1.29 is 28.0 Å². The Kier molecular flexibility index (Phi) is 4.93. The maximum Gasteiger partial charge on any atom is 0.272 e. The number of nitro benzene ring substituents is 1. The number of hydrogen-bond donors (Lipinski definition) is 1. The van der Waals surface area contributed by atoms with Crippen LogP contribution in [0.25, 0.3) is 0 Å². The van der Waals surface area contributed by atoms with Gasteiger partial charge in [0.2, 0.25) is 0 Å². The van der Waals surface area contributed by atoms with Crippen molar-refractivity contribution in [3.63, 3.8) is 0 Å². The molecule has 24 heavy (non-hydrogen) atoms. The molecular weight excluding hydrogens is 326 g/mol. The summed E-state index contributed by atoms with van der Waals surface area (Å²) < 4.78 is 37.7. The van der Waals surface area contributed by atoms with Crippen molar-refractivity contribution in [1.29, 1.82) is 0 Å². The van der Waals surface area contributed by atoms with E-state index in [-0.39, 0.29) is 17.2 Å². The second kappa shape index (κ2) is 6.90. The topological polar surface area (TPSA) is 90.7 Å². The molecule has 0 bridgehead atoms. The van der Waals surface area contributed by atoms with Gasteiger partial charge in [0, 0.05) is 18.2 Å². The van der Waals surface area contributed by atoms with Gasteiger partial charge in [-0.3, -0.25) is 14.9 Å². The number of non-ortho nitro benzene ring substituents is 1. The first-order valence-corrected chi connectivity index (χ1v) is 6.54. The van der Waals surface area contributed by atoms with Crippen LogP contribution in [0.2, 0.25) is 0 Å². The molecule has 0 radical (unpaired) electrons. The van der Waals surface area contributed by atoms with E-state index in [2.05, 4.69) is 5.32 Å². The Morgan fingerprint density at radius 2 is 1.71 bits per heavy atom. The molecule has 0 unspecified atom stereocenters. The Hall–Kier alpha value is -3.23. The standard InChI is InChI=1S/C15H12F2N2O5/c1-23-13-6-11(17)12(7-14(13)24-2)18-15(20)9-4-3-8(19(21)22)5-10(9)16/h3-7H,1-2H3,(H,18,20). The molecule has 0 aromatic heterocycles. The zero-order valence-corrected chi connectivity index (χ0v) is 12.6. The molecule has 0 spiro atoms. The fourth-order valence-corrected chi connectivity index (χ4v) is 1.94. The number of nitrogens with zero attached hydrogens (tertiary/aromatic N) is 1. The van der Waals surface area contributed by atoms with E-state index in [9.17, 15) is 23.7 Å². The number of amides is 1. The highest BCUT2D eigenvalue weighted by molar-refractivity contribution is 6.04. The predicted octanol–water partition coefficient (Wildman–Crippen LogP) is 3.14. The fraction of sp³-hybridized carbons (Fsp3) is 0.133. The van der Waals surface area contributed by atoms with E-state index in [0.29, 0.717) is 6.07 Å². The molecule has 0 saturated heterocycles. The molecule has 0 aliphatic rings. The number of benzene rings is 2. The van der Waals surface area contributed by atoms with Gasteiger partial charge in [-0.1, -0.05) is 0 Å². The summed E-state index contributed by atoms with van der Waals surface area (Å²) >= 11 is 0. The van der Waals surface area contributed by atoms with Gasteiger partial charge in [0.15, 0.2) is 17.3 Å². The van der Waals surface area contributed by atoms with Crippen LogP contribution >= 0.6 is 0 Å². The van der Waals surface area contributed by atoms with Gasteiger partial charge < -0.3 is 14.8 Å². The molecule has 2 aromatic carbocycles. The van der Waals surface area contributed by atoms with Crippen LogP contribution in [0.4, 0.5) is 20.2 Å². The molecule has 0 aliphatic carbocycles. The average Bonchev–Trinajstić information content (AvgIpc) is 2.55. The molecular formula is C15H12F2N2O5. The van der Waals surface area contributed by atoms with Crippen molar-refractivity contribution in [2.24, 2.45) is 0 Å². The molecule has 0 saturated carbocycles. The molecule has 2 rings (SSSR count). The number of halogens is 2. The summed E-state index contributed by atoms with van der Waals surface area (Å²) in [5.74, 6) is -2.59. The van der Waals surface area contributed by atoms with E-state index in [0.717, 1.165) is 18.2 Å². The first-order chi connectivity index (χ1) is 11.4. The van der Waals surface area contributed by atoms with Crippen LogP contribution in [0.1, 0.15) is 10.4 Å². The van der Waals surface area contributed by atoms with Crippen molar-refractivity contribution in [3.8, 4) is 11.5 Å². The predicted molar refractivity (Wildman–Crippen MR) is 80.5 cm³/mol. The van der Waals surface area contributed by atoms with E-state index in [1.807, 2.05) is 0 Å². The summed E-state index contributed by atoms with van der Waals surface area (Å²) in [6, 6.07) is 4.71. The van der Waals surface area contributed by atoms with Gasteiger partial charge in [0.25, 0.3) is 11.6 Å². The van der Waals surface area contributed by atoms with Crippen LogP contribution in [-0.2, 0) is 0 Å². The third-order valence-corrected chi connectivity index (χ3v) is 3.13. The molecule has 9 heteroatoms. The minimum atomic E-state index is -1.09. The summed E-state index contributed by atoms with van der Waals surface area (Å²) in [4.78, 5) is 21.8. The number of nitrogens with one attached hydrogen (secondary N) is 1. The molecule has 0 fully saturated rings. The average molecular weight is 338 g/mol. The molecule has 1 N–H and O–H groups in total. The lowest BCUT2D eigenvalue weighted by Gasteiger charge is -2.12. The Balaban J connectivity index is 2.31. The third-order valence-electron chi connectivity index (χ3n) is 3.13. The number of nitro groups is 1. The van der Waals surface area contributed by atoms with Crippen LogP contribution in [0.15, 0.2) is 30.3 Å². The van der Waals surface area contributed by atoms with E-state index in [1.54, 1.807) is 0 Å². The smallest absolute Gasteiger partial charge is 0.272 e. The van der Waals surface area contributed by atoms with Gasteiger partial charge in [0.05, 0.1) is 36.5 Å². The van der Waals surface area contributed by atoms with Crippen molar-refractivity contribution in [2.45, 2.75) is 0 Å². The van der Waals surface area contributed by atoms with Crippen LogP contribution in [0.5, 0.6) is 11.5 Å². The fourth-order valence-electron chi connectivity index (χ4n) is 1.94. The molecule has 126 valence electrons. The van der Waals surface area contributed by atoms with Crippen LogP contribution in [0.3, 0.4) is 0 Å². The van der Waals surface area contributed by atoms with Crippen LogP contribution in [-0.4, -0.2) is 25.1 Å². The highest BCUT2D eigenvalue weighted by Gasteiger charge is 2.19. The van der Waals surface area contributed by atoms with Crippen molar-refractivity contribution in [3.05, 3.63) is 57.6 Å². The second-order valence-electron chi connectivity index (χ2n) is 4.56. The number of methoxy groups -OCH3 is 2. The van der Waals surface area contributed by atoms with E-state index in [1.165, 1.54) is 20.3 Å². The number of carbonyl (C=O) groups excluding carboxylic acids is 1. The van der Waals surface area contributed by atoms with Gasteiger partial charge >= 0.3 is 0 Å². The monoisotopic (exact) mass is 338 g/mol. The minimum absolute atomic E-state index is 0.120. The SMILES string of the molecule is COc1cc(F)c(NC(=O)c2ccc([N+](=O)[O-])cc2F)cc1OC. The normalized spacial score (nSPS) is 10.2. The summed E-state index contributed by atoms with van der Waals surface area (Å²) in [5, 5.41) is 12.7. The number of hydrogen-bond acceptors (Lipinski definition) is 5. The van der Waals surface area contributed by atoms with Gasteiger partial charge in [-0.15, -0.1) is 0 Å². The summed E-state index contributed by atoms with van der Waals surface area (Å²) in [5.41, 5.74) is -1.22. The lowest BCUT2D eigenvalue weighted by Crippen LogP contribution is -2.15. The van der Waals surface area contributed by atoms with Crippen molar-refractivity contribution in [2.75, 3.05) is 19.5 Å².